The number of imide groups is 1. The van der Waals surface area contributed by atoms with E-state index in [0.717, 1.165) is 57.2 Å². The fourth-order valence-corrected chi connectivity index (χ4v) is 8.07. The molecule has 5 heterocycles. The maximum Gasteiger partial charge on any atom is 0.327 e. The lowest BCUT2D eigenvalue weighted by Crippen LogP contribution is -2.46. The van der Waals surface area contributed by atoms with Crippen molar-refractivity contribution < 1.29 is 9.59 Å². The van der Waals surface area contributed by atoms with Gasteiger partial charge >= 0.3 is 6.03 Å². The Morgan fingerprint density at radius 1 is 1.19 bits per heavy atom. The number of fused-ring (bicyclic) bond motifs is 2. The monoisotopic (exact) mass is 535 g/mol. The molecule has 2 saturated heterocycles. The number of nitrogens with one attached hydrogen (secondary N) is 1. The summed E-state index contributed by atoms with van der Waals surface area (Å²) in [7, 11) is 1.66. The van der Waals surface area contributed by atoms with Gasteiger partial charge in [0.05, 0.1) is 16.8 Å². The van der Waals surface area contributed by atoms with Gasteiger partial charge in [-0.25, -0.2) is 4.79 Å². The Balaban J connectivity index is 1.29. The molecule has 3 fully saturated rings. The summed E-state index contributed by atoms with van der Waals surface area (Å²) in [5.41, 5.74) is 6.14. The zero-order valence-corrected chi connectivity index (χ0v) is 22.5. The molecule has 3 aliphatic heterocycles. The van der Waals surface area contributed by atoms with Gasteiger partial charge in [0, 0.05) is 64.6 Å². The minimum Gasteiger partial charge on any atom is -0.366 e. The Hall–Kier alpha value is -2.68. The highest BCUT2D eigenvalue weighted by molar-refractivity contribution is 7.19. The molecule has 2 aromatic heterocycles. The summed E-state index contributed by atoms with van der Waals surface area (Å²) < 4.78 is 1.07. The van der Waals surface area contributed by atoms with E-state index in [0.29, 0.717) is 11.6 Å². The van der Waals surface area contributed by atoms with Crippen molar-refractivity contribution in [3.05, 3.63) is 45.9 Å². The number of carbonyl (C=O) groups is 2. The number of likely N-dealkylation sites (N-methyl/N-ethyl adjacent to an activating group) is 1. The summed E-state index contributed by atoms with van der Waals surface area (Å²) in [5, 5.41) is 4.61. The first kappa shape index (κ1) is 23.4. The van der Waals surface area contributed by atoms with Gasteiger partial charge in [-0.2, -0.15) is 0 Å². The Morgan fingerprint density at radius 3 is 2.78 bits per heavy atom. The quantitative estimate of drug-likeness (QED) is 0.474. The van der Waals surface area contributed by atoms with Crippen LogP contribution in [0.5, 0.6) is 0 Å². The number of pyridine rings is 1. The summed E-state index contributed by atoms with van der Waals surface area (Å²) in [6, 6.07) is 8.59. The number of carbonyl (C=O) groups excluding carboxylic acids is 2. The molecule has 0 radical (unpaired) electrons. The van der Waals surface area contributed by atoms with Crippen molar-refractivity contribution >= 4 is 50.8 Å². The van der Waals surface area contributed by atoms with E-state index in [1.807, 2.05) is 12.3 Å². The number of urea groups is 1. The van der Waals surface area contributed by atoms with E-state index in [4.69, 9.17) is 11.6 Å². The van der Waals surface area contributed by atoms with Crippen molar-refractivity contribution in [2.24, 2.45) is 0 Å². The van der Waals surface area contributed by atoms with Crippen molar-refractivity contribution in [3.63, 3.8) is 0 Å². The number of aryl methyl sites for hydroxylation is 1. The molecule has 3 amide bonds. The van der Waals surface area contributed by atoms with Crippen LogP contribution < -0.4 is 10.2 Å². The first-order valence-electron chi connectivity index (χ1n) is 13.2. The summed E-state index contributed by atoms with van der Waals surface area (Å²) >= 11 is 8.31. The zero-order valence-electron chi connectivity index (χ0n) is 20.9. The van der Waals surface area contributed by atoms with Crippen LogP contribution >= 0.6 is 22.9 Å². The number of halogens is 1. The van der Waals surface area contributed by atoms with Crippen LogP contribution in [0.2, 0.25) is 5.02 Å². The maximum atomic E-state index is 12.4. The van der Waals surface area contributed by atoms with Crippen molar-refractivity contribution in [1.29, 1.82) is 0 Å². The third kappa shape index (κ3) is 3.83. The van der Waals surface area contributed by atoms with Gasteiger partial charge in [0.15, 0.2) is 0 Å². The van der Waals surface area contributed by atoms with E-state index in [1.54, 1.807) is 18.4 Å². The van der Waals surface area contributed by atoms with E-state index in [9.17, 15) is 9.59 Å². The minimum atomic E-state index is -0.246. The van der Waals surface area contributed by atoms with Crippen molar-refractivity contribution in [2.75, 3.05) is 31.6 Å². The van der Waals surface area contributed by atoms with Crippen molar-refractivity contribution in [2.45, 2.75) is 56.7 Å². The SMILES string of the molecule is CN1CC(=O)N(Cc2cc3nccc(-c4cc(Cl)cc5c4N([C@@H]4CNC6(CCC6)C4)CCC5)c3s2)C1=O. The Kier molecular flexibility index (Phi) is 5.50. The molecule has 3 aromatic rings. The second kappa shape index (κ2) is 8.68. The average molecular weight is 536 g/mol. The van der Waals surface area contributed by atoms with Crippen LogP contribution in [0.1, 0.15) is 42.5 Å². The fraction of sp³-hybridized carbons (Fsp3) is 0.464. The molecular weight excluding hydrogens is 506 g/mol. The summed E-state index contributed by atoms with van der Waals surface area (Å²) in [6.45, 7) is 2.50. The lowest BCUT2D eigenvalue weighted by atomic mass is 9.75. The van der Waals surface area contributed by atoms with Crippen molar-refractivity contribution in [3.8, 4) is 11.1 Å². The summed E-state index contributed by atoms with van der Waals surface area (Å²) in [5.74, 6) is -0.160. The van der Waals surface area contributed by atoms with Gasteiger partial charge in [-0.15, -0.1) is 11.3 Å². The molecule has 4 aliphatic rings. The molecule has 37 heavy (non-hydrogen) atoms. The van der Waals surface area contributed by atoms with E-state index in [-0.39, 0.29) is 25.0 Å². The predicted molar refractivity (Wildman–Crippen MR) is 147 cm³/mol. The molecule has 1 N–H and O–H groups in total. The fourth-order valence-electron chi connectivity index (χ4n) is 6.70. The van der Waals surface area contributed by atoms with Crippen LogP contribution in [-0.4, -0.2) is 65.0 Å². The summed E-state index contributed by atoms with van der Waals surface area (Å²) in [4.78, 5) is 35.8. The largest absolute Gasteiger partial charge is 0.366 e. The number of benzene rings is 1. The standard InChI is InChI=1S/C28H30ClN5O2S/c1-32-16-24(35)34(27(32)36)15-20-12-23-26(37-20)21(5-8-30-23)22-11-18(29)10-17-4-2-9-33(25(17)22)19-13-28(31-14-19)6-3-7-28/h5,8,10-12,19,31H,2-4,6-7,9,13-16H2,1H3/t19-/m0/s1. The third-order valence-electron chi connectivity index (χ3n) is 8.67. The lowest BCUT2D eigenvalue weighted by molar-refractivity contribution is -0.125. The molecule has 192 valence electrons. The first-order chi connectivity index (χ1) is 17.9. The number of nitrogens with zero attached hydrogens (tertiary/aromatic N) is 4. The van der Waals surface area contributed by atoms with Crippen LogP contribution in [0, 0.1) is 0 Å². The molecule has 0 unspecified atom stereocenters. The molecule has 0 bridgehead atoms. The number of hydrogen-bond acceptors (Lipinski definition) is 6. The molecule has 1 saturated carbocycles. The maximum absolute atomic E-state index is 12.4. The van der Waals surface area contributed by atoms with E-state index in [1.165, 1.54) is 46.7 Å². The number of amides is 3. The topological polar surface area (TPSA) is 68.8 Å². The predicted octanol–water partition coefficient (Wildman–Crippen LogP) is 5.05. The molecule has 9 heteroatoms. The zero-order chi connectivity index (χ0) is 25.3. The van der Waals surface area contributed by atoms with Gasteiger partial charge in [-0.05, 0) is 68.4 Å². The number of hydrogen-bond donors (Lipinski definition) is 1. The lowest BCUT2D eigenvalue weighted by Gasteiger charge is -2.41. The highest BCUT2D eigenvalue weighted by Crippen LogP contribution is 2.47. The van der Waals surface area contributed by atoms with Crippen LogP contribution in [0.4, 0.5) is 10.5 Å². The number of aromatic nitrogens is 1. The number of anilines is 1. The highest BCUT2D eigenvalue weighted by Gasteiger charge is 2.45. The normalized spacial score (nSPS) is 22.9. The molecule has 1 aromatic carbocycles. The van der Waals surface area contributed by atoms with Crippen LogP contribution in [0.25, 0.3) is 21.3 Å². The van der Waals surface area contributed by atoms with Gasteiger partial charge in [0.25, 0.3) is 5.91 Å². The first-order valence-corrected chi connectivity index (χ1v) is 14.4. The third-order valence-corrected chi connectivity index (χ3v) is 10.0. The second-order valence-corrected chi connectivity index (χ2v) is 12.6. The van der Waals surface area contributed by atoms with Crippen molar-refractivity contribution in [1.82, 2.24) is 20.1 Å². The van der Waals surface area contributed by atoms with Crippen LogP contribution in [-0.2, 0) is 17.8 Å². The minimum absolute atomic E-state index is 0.134. The number of rotatable bonds is 4. The molecule has 7 nitrogen and oxygen atoms in total. The van der Waals surface area contributed by atoms with Crippen LogP contribution in [0.15, 0.2) is 30.5 Å². The molecular formula is C28H30ClN5O2S. The van der Waals surface area contributed by atoms with E-state index < -0.39 is 0 Å². The number of thiophene rings is 1. The Bertz CT molecular complexity index is 1430. The second-order valence-electron chi connectivity index (χ2n) is 11.0. The molecule has 1 atom stereocenters. The highest BCUT2D eigenvalue weighted by atomic mass is 35.5. The van der Waals surface area contributed by atoms with Gasteiger partial charge in [-0.3, -0.25) is 14.7 Å². The van der Waals surface area contributed by atoms with Gasteiger partial charge in [-0.1, -0.05) is 11.6 Å². The van der Waals surface area contributed by atoms with E-state index in [2.05, 4.69) is 33.4 Å². The summed E-state index contributed by atoms with van der Waals surface area (Å²) in [6.07, 6.45) is 9.14. The molecule has 7 rings (SSSR count). The molecule has 1 aliphatic carbocycles. The Morgan fingerprint density at radius 2 is 2.05 bits per heavy atom. The van der Waals surface area contributed by atoms with E-state index >= 15 is 0 Å². The van der Waals surface area contributed by atoms with Gasteiger partial charge < -0.3 is 15.1 Å². The van der Waals surface area contributed by atoms with Gasteiger partial charge in [0.1, 0.15) is 6.54 Å². The van der Waals surface area contributed by atoms with Crippen LogP contribution in [0.3, 0.4) is 0 Å². The Labute approximate surface area is 225 Å². The average Bonchev–Trinajstić information content (AvgIpc) is 3.55. The smallest absolute Gasteiger partial charge is 0.327 e. The molecule has 1 spiro atoms. The van der Waals surface area contributed by atoms with Gasteiger partial charge in [0.2, 0.25) is 0 Å².